The molecule has 0 atom stereocenters. The van der Waals surface area contributed by atoms with Crippen LogP contribution in [0.4, 0.5) is 5.82 Å². The average molecular weight is 239 g/mol. The van der Waals surface area contributed by atoms with Gasteiger partial charge >= 0.3 is 0 Å². The van der Waals surface area contributed by atoms with Crippen LogP contribution < -0.4 is 5.32 Å². The Morgan fingerprint density at radius 3 is 2.38 bits per heavy atom. The standard InChI is InChI=1S/C12H21N3S/c1-5-12(6-2,16-4)9-15-11-10(3)13-7-8-14-11/h7-8H,5-6,9H2,1-4H3,(H,14,15). The van der Waals surface area contributed by atoms with Gasteiger partial charge in [-0.1, -0.05) is 13.8 Å². The summed E-state index contributed by atoms with van der Waals surface area (Å²) in [7, 11) is 0. The normalized spacial score (nSPS) is 11.5. The van der Waals surface area contributed by atoms with Gasteiger partial charge in [-0.3, -0.25) is 4.98 Å². The fourth-order valence-electron chi connectivity index (χ4n) is 1.69. The SMILES string of the molecule is CCC(CC)(CNc1nccnc1C)SC. The van der Waals surface area contributed by atoms with Gasteiger partial charge in [0.1, 0.15) is 5.82 Å². The molecule has 1 N–H and O–H groups in total. The molecule has 0 aliphatic rings. The second-order valence-electron chi connectivity index (χ2n) is 3.94. The molecule has 1 aromatic heterocycles. The maximum atomic E-state index is 4.30. The van der Waals surface area contributed by atoms with Gasteiger partial charge < -0.3 is 5.32 Å². The van der Waals surface area contributed by atoms with E-state index in [1.807, 2.05) is 18.7 Å². The van der Waals surface area contributed by atoms with E-state index >= 15 is 0 Å². The first kappa shape index (κ1) is 13.3. The van der Waals surface area contributed by atoms with E-state index in [1.54, 1.807) is 12.4 Å². The molecule has 0 amide bonds. The van der Waals surface area contributed by atoms with Crippen LogP contribution >= 0.6 is 11.8 Å². The smallest absolute Gasteiger partial charge is 0.147 e. The second kappa shape index (κ2) is 6.09. The lowest BCUT2D eigenvalue weighted by Crippen LogP contribution is -2.32. The van der Waals surface area contributed by atoms with Gasteiger partial charge in [0, 0.05) is 23.7 Å². The molecule has 0 aliphatic carbocycles. The molecule has 90 valence electrons. The summed E-state index contributed by atoms with van der Waals surface area (Å²) < 4.78 is 0.309. The molecule has 1 aromatic rings. The van der Waals surface area contributed by atoms with Gasteiger partial charge in [0.2, 0.25) is 0 Å². The Bertz CT molecular complexity index is 316. The van der Waals surface area contributed by atoms with Gasteiger partial charge in [-0.05, 0) is 26.0 Å². The Balaban J connectivity index is 2.66. The molecule has 1 rings (SSSR count). The molecule has 0 fully saturated rings. The molecule has 4 heteroatoms. The Hall–Kier alpha value is -0.770. The van der Waals surface area contributed by atoms with Crippen molar-refractivity contribution < 1.29 is 0 Å². The summed E-state index contributed by atoms with van der Waals surface area (Å²) in [6.07, 6.45) is 7.96. The molecular formula is C12H21N3S. The van der Waals surface area contributed by atoms with E-state index in [0.29, 0.717) is 4.75 Å². The molecule has 0 unspecified atom stereocenters. The molecule has 0 bridgehead atoms. The largest absolute Gasteiger partial charge is 0.367 e. The van der Waals surface area contributed by atoms with Gasteiger partial charge in [-0.2, -0.15) is 11.8 Å². The fraction of sp³-hybridized carbons (Fsp3) is 0.667. The first-order chi connectivity index (χ1) is 7.67. The van der Waals surface area contributed by atoms with Crippen molar-refractivity contribution in [2.75, 3.05) is 18.1 Å². The average Bonchev–Trinajstić information content (AvgIpc) is 2.34. The van der Waals surface area contributed by atoms with E-state index < -0.39 is 0 Å². The zero-order valence-electron chi connectivity index (χ0n) is 10.6. The van der Waals surface area contributed by atoms with Crippen molar-refractivity contribution in [2.24, 2.45) is 0 Å². The van der Waals surface area contributed by atoms with Crippen LogP contribution in [0.3, 0.4) is 0 Å². The summed E-state index contributed by atoms with van der Waals surface area (Å²) in [4.78, 5) is 8.53. The summed E-state index contributed by atoms with van der Waals surface area (Å²) in [5.41, 5.74) is 0.963. The molecule has 1 heterocycles. The van der Waals surface area contributed by atoms with Crippen LogP contribution in [0.25, 0.3) is 0 Å². The molecule has 0 saturated heterocycles. The molecule has 3 nitrogen and oxygen atoms in total. The minimum atomic E-state index is 0.309. The lowest BCUT2D eigenvalue weighted by atomic mass is 10.0. The second-order valence-corrected chi connectivity index (χ2v) is 5.21. The van der Waals surface area contributed by atoms with Crippen molar-refractivity contribution >= 4 is 17.6 Å². The Morgan fingerprint density at radius 1 is 1.25 bits per heavy atom. The van der Waals surface area contributed by atoms with E-state index in [0.717, 1.165) is 30.9 Å². The third kappa shape index (κ3) is 3.11. The Kier molecular flexibility index (Phi) is 5.06. The molecule has 0 radical (unpaired) electrons. The Morgan fingerprint density at radius 2 is 1.88 bits per heavy atom. The number of thioether (sulfide) groups is 1. The van der Waals surface area contributed by atoms with Crippen molar-refractivity contribution in [3.63, 3.8) is 0 Å². The van der Waals surface area contributed by atoms with Crippen LogP contribution in [0.15, 0.2) is 12.4 Å². The van der Waals surface area contributed by atoms with E-state index in [1.165, 1.54) is 0 Å². The molecule has 0 saturated carbocycles. The summed E-state index contributed by atoms with van der Waals surface area (Å²) in [6.45, 7) is 7.41. The predicted octanol–water partition coefficient (Wildman–Crippen LogP) is 3.12. The highest BCUT2D eigenvalue weighted by Crippen LogP contribution is 2.30. The van der Waals surface area contributed by atoms with Crippen molar-refractivity contribution in [3.05, 3.63) is 18.1 Å². The molecule has 16 heavy (non-hydrogen) atoms. The van der Waals surface area contributed by atoms with Crippen molar-refractivity contribution in [3.8, 4) is 0 Å². The van der Waals surface area contributed by atoms with Gasteiger partial charge in [0.25, 0.3) is 0 Å². The maximum absolute atomic E-state index is 4.30. The number of hydrogen-bond donors (Lipinski definition) is 1. The summed E-state index contributed by atoms with van der Waals surface area (Å²) >= 11 is 1.93. The maximum Gasteiger partial charge on any atom is 0.147 e. The van der Waals surface area contributed by atoms with Crippen molar-refractivity contribution in [2.45, 2.75) is 38.4 Å². The monoisotopic (exact) mass is 239 g/mol. The highest BCUT2D eigenvalue weighted by molar-refractivity contribution is 8.00. The number of hydrogen-bond acceptors (Lipinski definition) is 4. The number of anilines is 1. The van der Waals surface area contributed by atoms with Gasteiger partial charge in [0.15, 0.2) is 0 Å². The zero-order valence-corrected chi connectivity index (χ0v) is 11.4. The lowest BCUT2D eigenvalue weighted by Gasteiger charge is -2.30. The number of nitrogens with one attached hydrogen (secondary N) is 1. The third-order valence-corrected chi connectivity index (χ3v) is 4.77. The zero-order chi connectivity index (χ0) is 12.0. The first-order valence-corrected chi connectivity index (χ1v) is 6.96. The summed E-state index contributed by atoms with van der Waals surface area (Å²) in [5, 5.41) is 3.41. The van der Waals surface area contributed by atoms with Crippen molar-refractivity contribution in [1.29, 1.82) is 0 Å². The lowest BCUT2D eigenvalue weighted by molar-refractivity contribution is 0.573. The van der Waals surface area contributed by atoms with Crippen LogP contribution in [0.5, 0.6) is 0 Å². The molecule has 0 aliphatic heterocycles. The summed E-state index contributed by atoms with van der Waals surface area (Å²) in [6, 6.07) is 0. The third-order valence-electron chi connectivity index (χ3n) is 3.18. The van der Waals surface area contributed by atoms with Crippen LogP contribution in [-0.2, 0) is 0 Å². The topological polar surface area (TPSA) is 37.8 Å². The molecule has 0 aromatic carbocycles. The number of rotatable bonds is 6. The van der Waals surface area contributed by atoms with E-state index in [-0.39, 0.29) is 0 Å². The van der Waals surface area contributed by atoms with E-state index in [4.69, 9.17) is 0 Å². The predicted molar refractivity (Wildman–Crippen MR) is 72.1 cm³/mol. The highest BCUT2D eigenvalue weighted by Gasteiger charge is 2.24. The van der Waals surface area contributed by atoms with E-state index in [2.05, 4.69) is 35.4 Å². The minimum Gasteiger partial charge on any atom is -0.367 e. The Labute approximate surface area is 102 Å². The van der Waals surface area contributed by atoms with Crippen LogP contribution in [-0.4, -0.2) is 27.5 Å². The quantitative estimate of drug-likeness (QED) is 0.827. The first-order valence-electron chi connectivity index (χ1n) is 5.74. The highest BCUT2D eigenvalue weighted by atomic mass is 32.2. The van der Waals surface area contributed by atoms with Crippen LogP contribution in [0.2, 0.25) is 0 Å². The fourth-order valence-corrected chi connectivity index (χ4v) is 2.48. The van der Waals surface area contributed by atoms with Crippen molar-refractivity contribution in [1.82, 2.24) is 9.97 Å². The number of aromatic nitrogens is 2. The summed E-state index contributed by atoms with van der Waals surface area (Å²) in [5.74, 6) is 0.905. The number of nitrogens with zero attached hydrogens (tertiary/aromatic N) is 2. The van der Waals surface area contributed by atoms with Crippen LogP contribution in [0.1, 0.15) is 32.4 Å². The van der Waals surface area contributed by atoms with Gasteiger partial charge in [-0.15, -0.1) is 0 Å². The molecule has 0 spiro atoms. The van der Waals surface area contributed by atoms with Gasteiger partial charge in [-0.25, -0.2) is 4.98 Å². The van der Waals surface area contributed by atoms with Gasteiger partial charge in [0.05, 0.1) is 5.69 Å². The van der Waals surface area contributed by atoms with Crippen LogP contribution in [0, 0.1) is 6.92 Å². The minimum absolute atomic E-state index is 0.309. The van der Waals surface area contributed by atoms with E-state index in [9.17, 15) is 0 Å². The number of aryl methyl sites for hydroxylation is 1. The molecular weight excluding hydrogens is 218 g/mol.